The number of halogens is 4. The van der Waals surface area contributed by atoms with Crippen LogP contribution in [0.25, 0.3) is 10.8 Å². The van der Waals surface area contributed by atoms with Crippen LogP contribution in [0.4, 0.5) is 17.6 Å². The smallest absolute Gasteiger partial charge is 0.205 e. The highest BCUT2D eigenvalue weighted by Gasteiger charge is 2.30. The first-order chi connectivity index (χ1) is 13.4. The lowest BCUT2D eigenvalue weighted by molar-refractivity contribution is -0.569. The van der Waals surface area contributed by atoms with Crippen LogP contribution in [-0.2, 0) is 12.6 Å². The molecule has 3 aromatic rings. The van der Waals surface area contributed by atoms with E-state index in [0.717, 1.165) is 28.5 Å². The first-order valence-corrected chi connectivity index (χ1v) is 9.23. The second-order valence-corrected chi connectivity index (χ2v) is 6.88. The first kappa shape index (κ1) is 20.1. The molecule has 0 aliphatic heterocycles. The topological polar surface area (TPSA) is 3.01 Å². The van der Waals surface area contributed by atoms with E-state index in [9.17, 15) is 17.6 Å². The molecule has 3 aromatic carbocycles. The van der Waals surface area contributed by atoms with Crippen LogP contribution < -0.4 is 0 Å². The molecule has 0 bridgehead atoms. The molecule has 0 amide bonds. The lowest BCUT2D eigenvalue weighted by Gasteiger charge is -2.14. The monoisotopic (exact) mass is 388 g/mol. The Morgan fingerprint density at radius 3 is 2.43 bits per heavy atom. The molecule has 0 aliphatic carbocycles. The van der Waals surface area contributed by atoms with Gasteiger partial charge in [-0.05, 0) is 28.8 Å². The molecule has 5 heteroatoms. The number of rotatable bonds is 6. The van der Waals surface area contributed by atoms with E-state index in [1.54, 1.807) is 10.6 Å². The highest BCUT2D eigenvalue weighted by atomic mass is 19.4. The fourth-order valence-electron chi connectivity index (χ4n) is 3.49. The number of hydrogen-bond acceptors (Lipinski definition) is 0. The van der Waals surface area contributed by atoms with Gasteiger partial charge in [0, 0.05) is 18.9 Å². The Balaban J connectivity index is 1.70. The van der Waals surface area contributed by atoms with Gasteiger partial charge in [-0.2, -0.15) is 13.2 Å². The standard InChI is InChI=1S/C23H22F4N/c1-17(21-13-5-10-19-9-2-3-12-22(19)21)28(16-24)14-6-8-18-7-4-11-20(15-18)23(25,26)27/h2-5,7,9-13,15-17H,6,8,14H2,1H3/q+1/b28-16+/t17-/m1/s1. The van der Waals surface area contributed by atoms with E-state index in [1.807, 2.05) is 49.4 Å². The van der Waals surface area contributed by atoms with Crippen molar-refractivity contribution in [2.45, 2.75) is 32.0 Å². The Labute approximate surface area is 161 Å². The zero-order chi connectivity index (χ0) is 20.1. The van der Waals surface area contributed by atoms with E-state index in [2.05, 4.69) is 0 Å². The predicted octanol–water partition coefficient (Wildman–Crippen LogP) is 6.56. The molecule has 28 heavy (non-hydrogen) atoms. The molecule has 1 nitrogen and oxygen atoms in total. The average Bonchev–Trinajstić information content (AvgIpc) is 2.70. The molecule has 0 aromatic heterocycles. The molecule has 0 aliphatic rings. The summed E-state index contributed by atoms with van der Waals surface area (Å²) in [5, 5.41) is 2.16. The molecule has 3 rings (SSSR count). The molecule has 1 atom stereocenters. The van der Waals surface area contributed by atoms with Crippen molar-refractivity contribution in [3.63, 3.8) is 0 Å². The Hall–Kier alpha value is -2.69. The van der Waals surface area contributed by atoms with E-state index >= 15 is 0 Å². The summed E-state index contributed by atoms with van der Waals surface area (Å²) in [5.41, 5.74) is 0.973. The Bertz CT molecular complexity index is 970. The number of benzene rings is 3. The summed E-state index contributed by atoms with van der Waals surface area (Å²) in [6, 6.07) is 19.0. The van der Waals surface area contributed by atoms with Gasteiger partial charge in [0.1, 0.15) is 6.54 Å². The maximum absolute atomic E-state index is 13.6. The maximum atomic E-state index is 13.6. The molecule has 0 N–H and O–H groups in total. The fraction of sp³-hybridized carbons (Fsp3) is 0.261. The summed E-state index contributed by atoms with van der Waals surface area (Å²) in [6.07, 6.45) is -3.34. The van der Waals surface area contributed by atoms with Gasteiger partial charge < -0.3 is 0 Å². The minimum Gasteiger partial charge on any atom is -0.205 e. The van der Waals surface area contributed by atoms with Gasteiger partial charge >= 0.3 is 12.6 Å². The maximum Gasteiger partial charge on any atom is 0.416 e. The van der Waals surface area contributed by atoms with E-state index in [1.165, 1.54) is 6.07 Å². The summed E-state index contributed by atoms with van der Waals surface area (Å²) in [5.74, 6) is 0. The van der Waals surface area contributed by atoms with Crippen LogP contribution in [0.15, 0.2) is 66.7 Å². The zero-order valence-electron chi connectivity index (χ0n) is 15.6. The Morgan fingerprint density at radius 2 is 1.68 bits per heavy atom. The molecule has 0 spiro atoms. The molecule has 0 saturated heterocycles. The third kappa shape index (κ3) is 4.58. The second kappa shape index (κ2) is 8.55. The number of hydrogen-bond donors (Lipinski definition) is 0. The lowest BCUT2D eigenvalue weighted by atomic mass is 9.99. The van der Waals surface area contributed by atoms with Crippen molar-refractivity contribution in [2.75, 3.05) is 6.54 Å². The van der Waals surface area contributed by atoms with Gasteiger partial charge in [0.2, 0.25) is 0 Å². The van der Waals surface area contributed by atoms with Crippen molar-refractivity contribution >= 4 is 17.2 Å². The number of nitrogens with zero attached hydrogens (tertiary/aromatic N) is 1. The number of fused-ring (bicyclic) bond motifs is 1. The van der Waals surface area contributed by atoms with Crippen LogP contribution in [0.1, 0.15) is 36.1 Å². The van der Waals surface area contributed by atoms with Crippen LogP contribution >= 0.6 is 0 Å². The quantitative estimate of drug-likeness (QED) is 0.255. The van der Waals surface area contributed by atoms with Crippen LogP contribution in [0, 0.1) is 0 Å². The van der Waals surface area contributed by atoms with E-state index in [0.29, 0.717) is 31.4 Å². The summed E-state index contributed by atoms with van der Waals surface area (Å²) >= 11 is 0. The SMILES string of the molecule is C[C@H](c1cccc2ccccc12)/[N+](=C/F)CCCc1cccc(C(F)(F)F)c1. The molecule has 0 fully saturated rings. The highest BCUT2D eigenvalue weighted by Crippen LogP contribution is 2.30. The van der Waals surface area contributed by atoms with Gasteiger partial charge in [0.25, 0.3) is 0 Å². The van der Waals surface area contributed by atoms with Crippen molar-refractivity contribution in [1.29, 1.82) is 0 Å². The van der Waals surface area contributed by atoms with Crippen LogP contribution in [0.3, 0.4) is 0 Å². The number of aryl methyl sites for hydroxylation is 1. The van der Waals surface area contributed by atoms with Crippen molar-refractivity contribution < 1.29 is 22.1 Å². The number of alkyl halides is 3. The van der Waals surface area contributed by atoms with Crippen molar-refractivity contribution in [2.24, 2.45) is 0 Å². The highest BCUT2D eigenvalue weighted by molar-refractivity contribution is 5.85. The average molecular weight is 388 g/mol. The van der Waals surface area contributed by atoms with Crippen LogP contribution in [0.5, 0.6) is 0 Å². The second-order valence-electron chi connectivity index (χ2n) is 6.88. The molecular weight excluding hydrogens is 366 g/mol. The van der Waals surface area contributed by atoms with Gasteiger partial charge in [-0.15, -0.1) is 4.39 Å². The third-order valence-corrected chi connectivity index (χ3v) is 5.03. The van der Waals surface area contributed by atoms with Crippen LogP contribution in [-0.4, -0.2) is 17.6 Å². The molecule has 0 radical (unpaired) electrons. The van der Waals surface area contributed by atoms with Gasteiger partial charge in [-0.1, -0.05) is 60.7 Å². The third-order valence-electron chi connectivity index (χ3n) is 5.03. The van der Waals surface area contributed by atoms with Crippen molar-refractivity contribution in [3.8, 4) is 0 Å². The summed E-state index contributed by atoms with van der Waals surface area (Å²) < 4.78 is 53.7. The van der Waals surface area contributed by atoms with Crippen LogP contribution in [0.2, 0.25) is 0 Å². The molecule has 0 heterocycles. The van der Waals surface area contributed by atoms with E-state index in [4.69, 9.17) is 0 Å². The molecule has 0 unspecified atom stereocenters. The predicted molar refractivity (Wildman–Crippen MR) is 104 cm³/mol. The fourth-order valence-corrected chi connectivity index (χ4v) is 3.49. The Kier molecular flexibility index (Phi) is 6.12. The molecule has 0 saturated carbocycles. The molecule has 146 valence electrons. The largest absolute Gasteiger partial charge is 0.416 e. The minimum atomic E-state index is -4.35. The van der Waals surface area contributed by atoms with Crippen molar-refractivity contribution in [1.82, 2.24) is 0 Å². The van der Waals surface area contributed by atoms with Crippen molar-refractivity contribution in [3.05, 3.63) is 83.4 Å². The van der Waals surface area contributed by atoms with E-state index < -0.39 is 11.7 Å². The Morgan fingerprint density at radius 1 is 0.964 bits per heavy atom. The molecular formula is C23H22F4N+. The zero-order valence-corrected chi connectivity index (χ0v) is 15.6. The van der Waals surface area contributed by atoms with Gasteiger partial charge in [0.05, 0.1) is 5.56 Å². The van der Waals surface area contributed by atoms with E-state index in [-0.39, 0.29) is 6.04 Å². The lowest BCUT2D eigenvalue weighted by Crippen LogP contribution is -2.19. The normalized spacial score (nSPS) is 13.7. The minimum absolute atomic E-state index is 0.183. The van der Waals surface area contributed by atoms with Gasteiger partial charge in [0.15, 0.2) is 6.04 Å². The van der Waals surface area contributed by atoms with Gasteiger partial charge in [-0.25, -0.2) is 4.58 Å². The summed E-state index contributed by atoms with van der Waals surface area (Å²) in [4.78, 5) is 0. The summed E-state index contributed by atoms with van der Waals surface area (Å²) in [7, 11) is 0. The first-order valence-electron chi connectivity index (χ1n) is 9.23. The summed E-state index contributed by atoms with van der Waals surface area (Å²) in [6.45, 7) is 2.91. The van der Waals surface area contributed by atoms with Gasteiger partial charge in [-0.3, -0.25) is 0 Å².